The normalized spacial score (nSPS) is 30.7. The van der Waals surface area contributed by atoms with E-state index in [9.17, 15) is 35.4 Å². The topological polar surface area (TPSA) is 185 Å². The van der Waals surface area contributed by atoms with Gasteiger partial charge < -0.3 is 49.6 Å². The van der Waals surface area contributed by atoms with Gasteiger partial charge >= 0.3 is 5.69 Å². The van der Waals surface area contributed by atoms with Crippen molar-refractivity contribution in [3.8, 4) is 0 Å². The summed E-state index contributed by atoms with van der Waals surface area (Å²) in [6.07, 6.45) is -1.13. The van der Waals surface area contributed by atoms with Crippen molar-refractivity contribution in [3.63, 3.8) is 0 Å². The number of rotatable bonds is 20. The van der Waals surface area contributed by atoms with Crippen molar-refractivity contribution in [1.29, 1.82) is 0 Å². The number of nitrogens with zero attached hydrogens (tertiary/aromatic N) is 2. The highest BCUT2D eigenvalue weighted by molar-refractivity contribution is 6.31. The molecular formula is C35H57ClN2O11. The molecule has 2 fully saturated rings. The minimum atomic E-state index is -1.65. The monoisotopic (exact) mass is 716 g/mol. The van der Waals surface area contributed by atoms with Crippen LogP contribution < -0.4 is 5.69 Å². The second-order valence-electron chi connectivity index (χ2n) is 13.4. The molecule has 13 nitrogen and oxygen atoms in total. The van der Waals surface area contributed by atoms with E-state index in [0.717, 1.165) is 64.2 Å². The molecule has 0 saturated carbocycles. The average molecular weight is 717 g/mol. The molecule has 14 heteroatoms. The molecule has 1 aromatic heterocycles. The van der Waals surface area contributed by atoms with Crippen LogP contribution in [0.25, 0.3) is 11.0 Å². The molecule has 2 aliphatic rings. The molecule has 0 spiro atoms. The van der Waals surface area contributed by atoms with E-state index in [-0.39, 0.29) is 26.3 Å². The molecule has 0 bridgehead atoms. The van der Waals surface area contributed by atoms with Crippen LogP contribution in [0.1, 0.15) is 90.9 Å². The lowest BCUT2D eigenvalue weighted by Crippen LogP contribution is -2.60. The summed E-state index contributed by atoms with van der Waals surface area (Å²) >= 11 is 6.32. The molecule has 3 heterocycles. The summed E-state index contributed by atoms with van der Waals surface area (Å²) in [4.78, 5) is 14.0. The molecule has 2 saturated heterocycles. The summed E-state index contributed by atoms with van der Waals surface area (Å²) in [5.41, 5.74) is 0.261. The van der Waals surface area contributed by atoms with E-state index < -0.39 is 67.1 Å². The van der Waals surface area contributed by atoms with Gasteiger partial charge in [0, 0.05) is 18.2 Å². The lowest BCUT2D eigenvalue weighted by atomic mass is 9.98. The van der Waals surface area contributed by atoms with Crippen LogP contribution >= 0.6 is 11.6 Å². The smallest absolute Gasteiger partial charge is 0.329 e. The fourth-order valence-electron chi connectivity index (χ4n) is 6.74. The Morgan fingerprint density at radius 1 is 0.633 bits per heavy atom. The zero-order valence-electron chi connectivity index (χ0n) is 28.8. The highest BCUT2D eigenvalue weighted by Crippen LogP contribution is 2.28. The van der Waals surface area contributed by atoms with E-state index in [4.69, 9.17) is 30.5 Å². The predicted octanol–water partition coefficient (Wildman–Crippen LogP) is 2.83. The number of fused-ring (bicyclic) bond motifs is 1. The highest BCUT2D eigenvalue weighted by Gasteiger charge is 2.46. The van der Waals surface area contributed by atoms with E-state index in [1.807, 2.05) is 0 Å². The van der Waals surface area contributed by atoms with Crippen LogP contribution in [-0.2, 0) is 32.0 Å². The van der Waals surface area contributed by atoms with Crippen LogP contribution in [0.4, 0.5) is 0 Å². The van der Waals surface area contributed by atoms with Crippen molar-refractivity contribution in [1.82, 2.24) is 9.13 Å². The molecule has 280 valence electrons. The molecule has 0 unspecified atom stereocenters. The summed E-state index contributed by atoms with van der Waals surface area (Å²) in [6, 6.07) is 4.81. The Kier molecular flexibility index (Phi) is 16.3. The number of unbranched alkanes of at least 4 members (excludes halogenated alkanes) is 10. The zero-order chi connectivity index (χ0) is 35.5. The Morgan fingerprint density at radius 2 is 1.06 bits per heavy atom. The number of hydrogen-bond acceptors (Lipinski definition) is 11. The van der Waals surface area contributed by atoms with E-state index >= 15 is 0 Å². The van der Waals surface area contributed by atoms with Gasteiger partial charge in [0.1, 0.15) is 48.8 Å². The van der Waals surface area contributed by atoms with E-state index in [2.05, 4.69) is 13.8 Å². The van der Waals surface area contributed by atoms with Gasteiger partial charge in [-0.2, -0.15) is 0 Å². The fourth-order valence-corrected chi connectivity index (χ4v) is 6.90. The molecule has 0 aliphatic carbocycles. The first-order valence-corrected chi connectivity index (χ1v) is 18.5. The van der Waals surface area contributed by atoms with Gasteiger partial charge in [0.15, 0.2) is 12.6 Å². The third kappa shape index (κ3) is 10.5. The van der Waals surface area contributed by atoms with Gasteiger partial charge in [-0.3, -0.25) is 9.13 Å². The number of ether oxygens (including phenoxy) is 4. The second kappa shape index (κ2) is 19.8. The van der Waals surface area contributed by atoms with E-state index in [1.165, 1.54) is 22.0 Å². The Hall–Kier alpha value is -1.62. The van der Waals surface area contributed by atoms with Crippen molar-refractivity contribution in [2.75, 3.05) is 13.2 Å². The minimum absolute atomic E-state index is 0.203. The van der Waals surface area contributed by atoms with Gasteiger partial charge in [-0.15, -0.1) is 0 Å². The number of hydrogen-bond donors (Lipinski definition) is 6. The number of halogens is 1. The Labute approximate surface area is 293 Å². The van der Waals surface area contributed by atoms with Gasteiger partial charge in [-0.1, -0.05) is 89.7 Å². The number of benzene rings is 1. The van der Waals surface area contributed by atoms with Crippen molar-refractivity contribution >= 4 is 22.6 Å². The Bertz CT molecular complexity index is 1320. The van der Waals surface area contributed by atoms with E-state index in [0.29, 0.717) is 16.1 Å². The van der Waals surface area contributed by atoms with Crippen LogP contribution in [0, 0.1) is 0 Å². The molecule has 49 heavy (non-hydrogen) atoms. The maximum Gasteiger partial charge on any atom is 0.329 e. The Balaban J connectivity index is 1.47. The van der Waals surface area contributed by atoms with Crippen LogP contribution in [0.2, 0.25) is 5.02 Å². The van der Waals surface area contributed by atoms with Crippen LogP contribution in [-0.4, -0.2) is 114 Å². The van der Waals surface area contributed by atoms with Gasteiger partial charge in [-0.25, -0.2) is 4.79 Å². The van der Waals surface area contributed by atoms with Crippen LogP contribution in [0.5, 0.6) is 0 Å². The zero-order valence-corrected chi connectivity index (χ0v) is 29.6. The number of aliphatic hydroxyl groups excluding tert-OH is 6. The van der Waals surface area contributed by atoms with Crippen molar-refractivity contribution in [2.24, 2.45) is 0 Å². The third-order valence-corrected chi connectivity index (χ3v) is 9.88. The highest BCUT2D eigenvalue weighted by atomic mass is 35.5. The van der Waals surface area contributed by atoms with E-state index in [1.54, 1.807) is 18.2 Å². The molecule has 1 aromatic carbocycles. The average Bonchev–Trinajstić information content (AvgIpc) is 3.32. The molecule has 2 aliphatic heterocycles. The van der Waals surface area contributed by atoms with Gasteiger partial charge in [0.05, 0.1) is 24.1 Å². The first-order chi connectivity index (χ1) is 23.6. The van der Waals surface area contributed by atoms with Crippen molar-refractivity contribution < 1.29 is 49.6 Å². The lowest BCUT2D eigenvalue weighted by molar-refractivity contribution is -0.292. The van der Waals surface area contributed by atoms with Crippen LogP contribution in [0.15, 0.2) is 23.0 Å². The molecule has 0 radical (unpaired) electrons. The van der Waals surface area contributed by atoms with Gasteiger partial charge in [0.2, 0.25) is 0 Å². The molecule has 4 rings (SSSR count). The molecule has 6 N–H and O–H groups in total. The first kappa shape index (κ1) is 40.2. The Morgan fingerprint density at radius 3 is 1.53 bits per heavy atom. The number of aromatic nitrogens is 2. The molecule has 0 amide bonds. The summed E-state index contributed by atoms with van der Waals surface area (Å²) < 4.78 is 25.5. The summed E-state index contributed by atoms with van der Waals surface area (Å²) in [5, 5.41) is 64.9. The lowest BCUT2D eigenvalue weighted by Gasteiger charge is -2.40. The first-order valence-electron chi connectivity index (χ1n) is 18.1. The largest absolute Gasteiger partial charge is 0.388 e. The quantitative estimate of drug-likeness (QED) is 0.111. The molecular weight excluding hydrogens is 660 g/mol. The summed E-state index contributed by atoms with van der Waals surface area (Å²) in [5.74, 6) is 0. The maximum absolute atomic E-state index is 14.0. The third-order valence-electron chi connectivity index (χ3n) is 9.64. The van der Waals surface area contributed by atoms with Gasteiger partial charge in [0.25, 0.3) is 0 Å². The summed E-state index contributed by atoms with van der Waals surface area (Å²) in [7, 11) is 0. The fraction of sp³-hybridized carbons (Fsp3) is 0.800. The van der Waals surface area contributed by atoms with Gasteiger partial charge in [-0.05, 0) is 31.0 Å². The maximum atomic E-state index is 14.0. The van der Waals surface area contributed by atoms with Crippen LogP contribution in [0.3, 0.4) is 0 Å². The minimum Gasteiger partial charge on any atom is -0.388 e. The standard InChI is InChI=1S/C35H57ClN2O11/c1-3-5-7-9-11-13-17-46-31-27(39)25(48-33(43)29(31)41)20-37-23-16-15-22(36)19-24(23)38(35(37)45)21-26-28(40)32(30(42)34(44)49-26)47-18-14-12-10-8-6-4-2/h15-16,19,25-34,39-44H,3-14,17-18,20-21H2,1-2H3/t25-,26+,27+,28+,29+,30-,31+,32-,33-,34+/m1/s1. The predicted molar refractivity (Wildman–Crippen MR) is 183 cm³/mol. The number of imidazole rings is 1. The SMILES string of the molecule is CCCCCCCCO[C@@H]1[C@@H](O)[C@H](Cn2c(=O)n(C[C@H]3O[C@@H](O)[C@@H](O)[C@@H](OCCCCCCCC)[C@H]3O)c3ccc(Cl)cc32)O[C@H](O)[C@@H]1O. The second-order valence-corrected chi connectivity index (χ2v) is 13.9. The summed E-state index contributed by atoms with van der Waals surface area (Å²) in [6.45, 7) is 4.45. The number of aliphatic hydroxyl groups is 6. The molecule has 10 atom stereocenters. The van der Waals surface area contributed by atoms with Crippen molar-refractivity contribution in [3.05, 3.63) is 33.7 Å². The molecule has 2 aromatic rings. The van der Waals surface area contributed by atoms with Crippen molar-refractivity contribution in [2.45, 2.75) is 165 Å².